The SMILES string of the molecule is CNc1cc(C2CC2)nc2c(OC)cc(F)cc12. The third-order valence-electron chi connectivity index (χ3n) is 3.35. The van der Waals surface area contributed by atoms with Crippen molar-refractivity contribution in [3.05, 3.63) is 29.7 Å². The predicted octanol–water partition coefficient (Wildman–Crippen LogP) is 3.30. The highest BCUT2D eigenvalue weighted by molar-refractivity contribution is 5.95. The van der Waals surface area contributed by atoms with Gasteiger partial charge in [-0.25, -0.2) is 9.37 Å². The molecule has 2 aromatic rings. The lowest BCUT2D eigenvalue weighted by Gasteiger charge is -2.11. The molecule has 0 aliphatic heterocycles. The Hall–Kier alpha value is -1.84. The molecule has 1 aromatic heterocycles. The summed E-state index contributed by atoms with van der Waals surface area (Å²) in [7, 11) is 3.38. The van der Waals surface area contributed by atoms with Crippen LogP contribution >= 0.6 is 0 Å². The lowest BCUT2D eigenvalue weighted by Crippen LogP contribution is -1.98. The minimum Gasteiger partial charge on any atom is -0.494 e. The van der Waals surface area contributed by atoms with Crippen LogP contribution in [-0.2, 0) is 0 Å². The van der Waals surface area contributed by atoms with Gasteiger partial charge in [0, 0.05) is 35.8 Å². The zero-order valence-electron chi connectivity index (χ0n) is 10.5. The number of methoxy groups -OCH3 is 1. The van der Waals surface area contributed by atoms with Crippen molar-refractivity contribution in [3.63, 3.8) is 0 Å². The third kappa shape index (κ3) is 1.78. The van der Waals surface area contributed by atoms with Crippen molar-refractivity contribution in [2.75, 3.05) is 19.5 Å². The van der Waals surface area contributed by atoms with Gasteiger partial charge in [0.15, 0.2) is 0 Å². The van der Waals surface area contributed by atoms with Gasteiger partial charge in [-0.15, -0.1) is 0 Å². The second-order valence-corrected chi connectivity index (χ2v) is 4.62. The Balaban J connectivity index is 2.31. The molecule has 1 fully saturated rings. The highest BCUT2D eigenvalue weighted by atomic mass is 19.1. The smallest absolute Gasteiger partial charge is 0.148 e. The molecule has 0 atom stereocenters. The van der Waals surface area contributed by atoms with E-state index in [1.165, 1.54) is 25.0 Å². The zero-order chi connectivity index (χ0) is 12.7. The second kappa shape index (κ2) is 4.12. The van der Waals surface area contributed by atoms with E-state index in [9.17, 15) is 4.39 Å². The van der Waals surface area contributed by atoms with Gasteiger partial charge < -0.3 is 10.1 Å². The summed E-state index contributed by atoms with van der Waals surface area (Å²) in [5, 5.41) is 3.87. The minimum atomic E-state index is -0.308. The predicted molar refractivity (Wildman–Crippen MR) is 69.8 cm³/mol. The van der Waals surface area contributed by atoms with E-state index in [1.807, 2.05) is 13.1 Å². The van der Waals surface area contributed by atoms with Crippen LogP contribution in [0.3, 0.4) is 0 Å². The lowest BCUT2D eigenvalue weighted by molar-refractivity contribution is 0.415. The second-order valence-electron chi connectivity index (χ2n) is 4.62. The summed E-state index contributed by atoms with van der Waals surface area (Å²) in [6.07, 6.45) is 2.37. The number of ether oxygens (including phenoxy) is 1. The van der Waals surface area contributed by atoms with Gasteiger partial charge in [-0.2, -0.15) is 0 Å². The Kier molecular flexibility index (Phi) is 2.58. The van der Waals surface area contributed by atoms with Crippen LogP contribution in [0, 0.1) is 5.82 Å². The largest absolute Gasteiger partial charge is 0.494 e. The number of pyridine rings is 1. The Morgan fingerprint density at radius 1 is 1.33 bits per heavy atom. The molecule has 0 amide bonds. The molecule has 0 spiro atoms. The van der Waals surface area contributed by atoms with Gasteiger partial charge in [0.1, 0.15) is 17.1 Å². The molecule has 0 unspecified atom stereocenters. The summed E-state index contributed by atoms with van der Waals surface area (Å²) in [6.45, 7) is 0. The van der Waals surface area contributed by atoms with E-state index in [-0.39, 0.29) is 5.82 Å². The van der Waals surface area contributed by atoms with Crippen LogP contribution in [0.1, 0.15) is 24.5 Å². The fraction of sp³-hybridized carbons (Fsp3) is 0.357. The van der Waals surface area contributed by atoms with Gasteiger partial charge in [-0.1, -0.05) is 0 Å². The standard InChI is InChI=1S/C14H15FN2O/c1-16-12-7-11(8-3-4-8)17-14-10(12)5-9(15)6-13(14)18-2/h5-8H,3-4H2,1-2H3,(H,16,17). The number of nitrogens with zero attached hydrogens (tertiary/aromatic N) is 1. The van der Waals surface area contributed by atoms with Gasteiger partial charge >= 0.3 is 0 Å². The van der Waals surface area contributed by atoms with E-state index in [1.54, 1.807) is 7.11 Å². The molecule has 1 aromatic carbocycles. The fourth-order valence-electron chi connectivity index (χ4n) is 2.23. The maximum Gasteiger partial charge on any atom is 0.148 e. The highest BCUT2D eigenvalue weighted by Gasteiger charge is 2.26. The van der Waals surface area contributed by atoms with E-state index in [4.69, 9.17) is 4.74 Å². The highest BCUT2D eigenvalue weighted by Crippen LogP contribution is 2.42. The topological polar surface area (TPSA) is 34.2 Å². The zero-order valence-corrected chi connectivity index (χ0v) is 10.5. The number of aromatic nitrogens is 1. The van der Waals surface area contributed by atoms with Crippen molar-refractivity contribution >= 4 is 16.6 Å². The molecule has 0 radical (unpaired) electrons. The maximum atomic E-state index is 13.5. The van der Waals surface area contributed by atoms with Crippen LogP contribution in [0.4, 0.5) is 10.1 Å². The molecule has 1 aliphatic rings. The number of rotatable bonds is 3. The van der Waals surface area contributed by atoms with E-state index in [0.717, 1.165) is 22.3 Å². The van der Waals surface area contributed by atoms with Gasteiger partial charge in [0.05, 0.1) is 7.11 Å². The molecule has 1 aliphatic carbocycles. The van der Waals surface area contributed by atoms with Crippen LogP contribution in [0.5, 0.6) is 5.75 Å². The molecule has 3 nitrogen and oxygen atoms in total. The van der Waals surface area contributed by atoms with Crippen LogP contribution in [0.25, 0.3) is 10.9 Å². The number of halogens is 1. The number of hydrogen-bond donors (Lipinski definition) is 1. The number of nitrogens with one attached hydrogen (secondary N) is 1. The first kappa shape index (κ1) is 11.3. The average molecular weight is 246 g/mol. The summed E-state index contributed by atoms with van der Waals surface area (Å²) < 4.78 is 18.8. The summed E-state index contributed by atoms with van der Waals surface area (Å²) in [6, 6.07) is 4.89. The van der Waals surface area contributed by atoms with E-state index in [0.29, 0.717) is 11.7 Å². The Bertz CT molecular complexity index is 608. The monoisotopic (exact) mass is 246 g/mol. The van der Waals surface area contributed by atoms with Gasteiger partial charge in [-0.05, 0) is 25.0 Å². The number of anilines is 1. The normalized spacial score (nSPS) is 14.8. The molecule has 0 bridgehead atoms. The molecule has 1 saturated carbocycles. The van der Waals surface area contributed by atoms with Gasteiger partial charge in [-0.3, -0.25) is 0 Å². The van der Waals surface area contributed by atoms with Crippen LogP contribution in [0.2, 0.25) is 0 Å². The first-order valence-electron chi connectivity index (χ1n) is 6.09. The van der Waals surface area contributed by atoms with Gasteiger partial charge in [0.2, 0.25) is 0 Å². The molecule has 0 saturated heterocycles. The van der Waals surface area contributed by atoms with Crippen molar-refractivity contribution < 1.29 is 9.13 Å². The third-order valence-corrected chi connectivity index (χ3v) is 3.35. The molecule has 94 valence electrons. The molecule has 4 heteroatoms. The average Bonchev–Trinajstić information content (AvgIpc) is 3.20. The van der Waals surface area contributed by atoms with Gasteiger partial charge in [0.25, 0.3) is 0 Å². The summed E-state index contributed by atoms with van der Waals surface area (Å²) in [4.78, 5) is 4.63. The minimum absolute atomic E-state index is 0.308. The Labute approximate surface area is 105 Å². The van der Waals surface area contributed by atoms with Crippen LogP contribution in [-0.4, -0.2) is 19.1 Å². The molecule has 1 N–H and O–H groups in total. The van der Waals surface area contributed by atoms with E-state index in [2.05, 4.69) is 10.3 Å². The molecular formula is C14H15FN2O. The first-order chi connectivity index (χ1) is 8.72. The first-order valence-corrected chi connectivity index (χ1v) is 6.09. The van der Waals surface area contributed by atoms with E-state index >= 15 is 0 Å². The van der Waals surface area contributed by atoms with Crippen LogP contribution < -0.4 is 10.1 Å². The Morgan fingerprint density at radius 3 is 2.72 bits per heavy atom. The maximum absolute atomic E-state index is 13.5. The Morgan fingerprint density at radius 2 is 2.11 bits per heavy atom. The summed E-state index contributed by atoms with van der Waals surface area (Å²) in [5.74, 6) is 0.733. The van der Waals surface area contributed by atoms with Crippen molar-refractivity contribution in [2.24, 2.45) is 0 Å². The quantitative estimate of drug-likeness (QED) is 0.902. The summed E-state index contributed by atoms with van der Waals surface area (Å²) in [5.41, 5.74) is 2.70. The molecular weight excluding hydrogens is 231 g/mol. The van der Waals surface area contributed by atoms with Crippen molar-refractivity contribution in [1.82, 2.24) is 4.98 Å². The molecule has 3 rings (SSSR count). The number of benzene rings is 1. The number of hydrogen-bond acceptors (Lipinski definition) is 3. The molecule has 1 heterocycles. The van der Waals surface area contributed by atoms with Crippen LogP contribution in [0.15, 0.2) is 18.2 Å². The van der Waals surface area contributed by atoms with E-state index < -0.39 is 0 Å². The van der Waals surface area contributed by atoms with Crippen molar-refractivity contribution in [3.8, 4) is 5.75 Å². The lowest BCUT2D eigenvalue weighted by atomic mass is 10.1. The summed E-state index contributed by atoms with van der Waals surface area (Å²) >= 11 is 0. The fourth-order valence-corrected chi connectivity index (χ4v) is 2.23. The molecule has 18 heavy (non-hydrogen) atoms. The van der Waals surface area contributed by atoms with Crippen molar-refractivity contribution in [2.45, 2.75) is 18.8 Å². The number of fused-ring (bicyclic) bond motifs is 1. The van der Waals surface area contributed by atoms with Crippen molar-refractivity contribution in [1.29, 1.82) is 0 Å².